The lowest BCUT2D eigenvalue weighted by Gasteiger charge is -2.35. The summed E-state index contributed by atoms with van der Waals surface area (Å²) < 4.78 is 5.64. The van der Waals surface area contributed by atoms with E-state index in [1.54, 1.807) is 0 Å². The largest absolute Gasteiger partial charge is 0.365 e. The van der Waals surface area contributed by atoms with Crippen molar-refractivity contribution >= 4 is 21.8 Å². The fourth-order valence-corrected chi connectivity index (χ4v) is 2.88. The normalized spacial score (nSPS) is 40.1. The third kappa shape index (κ3) is 2.59. The van der Waals surface area contributed by atoms with Crippen molar-refractivity contribution in [1.82, 2.24) is 4.90 Å². The molecule has 0 aliphatic carbocycles. The number of piperidine rings is 1. The number of alkyl halides is 1. The van der Waals surface area contributed by atoms with Crippen molar-refractivity contribution < 1.29 is 9.53 Å². The van der Waals surface area contributed by atoms with E-state index in [1.807, 2.05) is 11.8 Å². The van der Waals surface area contributed by atoms with Gasteiger partial charge in [-0.1, -0.05) is 22.9 Å². The Morgan fingerprint density at radius 3 is 2.62 bits per heavy atom. The predicted octanol–water partition coefficient (Wildman–Crippen LogP) is 2.19. The molecule has 0 radical (unpaired) electrons. The second-order valence-corrected chi connectivity index (χ2v) is 6.26. The summed E-state index contributed by atoms with van der Waals surface area (Å²) in [4.78, 5) is 14.7. The van der Waals surface area contributed by atoms with E-state index in [0.717, 1.165) is 32.4 Å². The predicted molar refractivity (Wildman–Crippen MR) is 66.6 cm³/mol. The first kappa shape index (κ1) is 12.4. The maximum absolute atomic E-state index is 12.2. The highest BCUT2D eigenvalue weighted by molar-refractivity contribution is 9.09. The van der Waals surface area contributed by atoms with Gasteiger partial charge in [-0.3, -0.25) is 4.79 Å². The number of rotatable bonds is 1. The molecule has 0 saturated carbocycles. The van der Waals surface area contributed by atoms with Gasteiger partial charge in [0.2, 0.25) is 0 Å². The molecule has 2 aliphatic rings. The van der Waals surface area contributed by atoms with Crippen molar-refractivity contribution in [3.05, 3.63) is 0 Å². The highest BCUT2D eigenvalue weighted by atomic mass is 79.9. The SMILES string of the molecule is CC1CCC(C(=O)N2CCC(Br)C(C)C2)O1. The van der Waals surface area contributed by atoms with E-state index in [2.05, 4.69) is 22.9 Å². The highest BCUT2D eigenvalue weighted by Gasteiger charge is 2.34. The number of carbonyl (C=O) groups is 1. The van der Waals surface area contributed by atoms with Crippen molar-refractivity contribution in [2.24, 2.45) is 5.92 Å². The molecule has 2 saturated heterocycles. The quantitative estimate of drug-likeness (QED) is 0.693. The van der Waals surface area contributed by atoms with Crippen LogP contribution in [0.5, 0.6) is 0 Å². The molecule has 0 N–H and O–H groups in total. The highest BCUT2D eigenvalue weighted by Crippen LogP contribution is 2.26. The van der Waals surface area contributed by atoms with Crippen molar-refractivity contribution in [2.75, 3.05) is 13.1 Å². The van der Waals surface area contributed by atoms with E-state index < -0.39 is 0 Å². The Bertz CT molecular complexity index is 272. The third-order valence-corrected chi connectivity index (χ3v) is 4.98. The van der Waals surface area contributed by atoms with Gasteiger partial charge >= 0.3 is 0 Å². The molecule has 0 bridgehead atoms. The molecule has 2 heterocycles. The third-order valence-electron chi connectivity index (χ3n) is 3.62. The molecule has 0 spiro atoms. The van der Waals surface area contributed by atoms with Gasteiger partial charge in [0.05, 0.1) is 6.10 Å². The number of likely N-dealkylation sites (tertiary alicyclic amines) is 1. The zero-order valence-corrected chi connectivity index (χ0v) is 11.6. The van der Waals surface area contributed by atoms with E-state index in [4.69, 9.17) is 4.74 Å². The van der Waals surface area contributed by atoms with Gasteiger partial charge < -0.3 is 9.64 Å². The minimum absolute atomic E-state index is 0.172. The minimum atomic E-state index is -0.172. The van der Waals surface area contributed by atoms with Crippen LogP contribution in [-0.2, 0) is 9.53 Å². The van der Waals surface area contributed by atoms with Gasteiger partial charge in [-0.25, -0.2) is 0 Å². The molecule has 3 nitrogen and oxygen atoms in total. The van der Waals surface area contributed by atoms with E-state index in [9.17, 15) is 4.79 Å². The monoisotopic (exact) mass is 289 g/mol. The van der Waals surface area contributed by atoms with Gasteiger partial charge in [0.25, 0.3) is 5.91 Å². The Kier molecular flexibility index (Phi) is 3.90. The van der Waals surface area contributed by atoms with E-state index in [0.29, 0.717) is 10.7 Å². The summed E-state index contributed by atoms with van der Waals surface area (Å²) in [6.07, 6.45) is 3.03. The van der Waals surface area contributed by atoms with Crippen LogP contribution in [0.2, 0.25) is 0 Å². The van der Waals surface area contributed by atoms with Gasteiger partial charge in [-0.15, -0.1) is 0 Å². The topological polar surface area (TPSA) is 29.5 Å². The van der Waals surface area contributed by atoms with Crippen LogP contribution >= 0.6 is 15.9 Å². The van der Waals surface area contributed by atoms with Crippen LogP contribution in [0.25, 0.3) is 0 Å². The zero-order chi connectivity index (χ0) is 11.7. The molecule has 2 rings (SSSR count). The van der Waals surface area contributed by atoms with Gasteiger partial charge in [-0.05, 0) is 32.1 Å². The summed E-state index contributed by atoms with van der Waals surface area (Å²) in [7, 11) is 0. The maximum atomic E-state index is 12.2. The average Bonchev–Trinajstić information content (AvgIpc) is 2.68. The first-order valence-corrected chi connectivity index (χ1v) is 7.08. The second kappa shape index (κ2) is 5.05. The lowest BCUT2D eigenvalue weighted by Crippen LogP contribution is -2.47. The first-order valence-electron chi connectivity index (χ1n) is 6.16. The number of hydrogen-bond donors (Lipinski definition) is 0. The molecule has 4 unspecified atom stereocenters. The standard InChI is InChI=1S/C12H20BrNO2/c1-8-7-14(6-5-10(8)13)12(15)11-4-3-9(2)16-11/h8-11H,3-7H2,1-2H3. The summed E-state index contributed by atoms with van der Waals surface area (Å²) in [6.45, 7) is 5.97. The first-order chi connectivity index (χ1) is 7.58. The number of ether oxygens (including phenoxy) is 1. The van der Waals surface area contributed by atoms with Crippen LogP contribution < -0.4 is 0 Å². The second-order valence-electron chi connectivity index (χ2n) is 5.08. The van der Waals surface area contributed by atoms with Gasteiger partial charge in [0, 0.05) is 17.9 Å². The Morgan fingerprint density at radius 1 is 1.31 bits per heavy atom. The Labute approximate surface area is 106 Å². The van der Waals surface area contributed by atoms with Crippen LogP contribution in [0.3, 0.4) is 0 Å². The van der Waals surface area contributed by atoms with Crippen LogP contribution in [-0.4, -0.2) is 40.9 Å². The average molecular weight is 290 g/mol. The summed E-state index contributed by atoms with van der Waals surface area (Å²) in [5, 5.41) is 0. The molecule has 0 aromatic heterocycles. The maximum Gasteiger partial charge on any atom is 0.251 e. The van der Waals surface area contributed by atoms with Gasteiger partial charge in [0.1, 0.15) is 6.10 Å². The number of hydrogen-bond acceptors (Lipinski definition) is 2. The number of amides is 1. The van der Waals surface area contributed by atoms with E-state index in [-0.39, 0.29) is 18.1 Å². The van der Waals surface area contributed by atoms with Crippen LogP contribution in [0.4, 0.5) is 0 Å². The Morgan fingerprint density at radius 2 is 2.06 bits per heavy atom. The number of nitrogens with zero attached hydrogens (tertiary/aromatic N) is 1. The fraction of sp³-hybridized carbons (Fsp3) is 0.917. The molecule has 92 valence electrons. The molecule has 16 heavy (non-hydrogen) atoms. The molecule has 0 aromatic carbocycles. The molecule has 4 atom stereocenters. The van der Waals surface area contributed by atoms with E-state index >= 15 is 0 Å². The van der Waals surface area contributed by atoms with Crippen LogP contribution in [0.15, 0.2) is 0 Å². The summed E-state index contributed by atoms with van der Waals surface area (Å²) in [6, 6.07) is 0. The molecule has 1 amide bonds. The number of carbonyl (C=O) groups excluding carboxylic acids is 1. The Balaban J connectivity index is 1.90. The van der Waals surface area contributed by atoms with Crippen LogP contribution in [0, 0.1) is 5.92 Å². The van der Waals surface area contributed by atoms with Gasteiger partial charge in [0.15, 0.2) is 0 Å². The zero-order valence-electron chi connectivity index (χ0n) is 9.99. The molecule has 2 fully saturated rings. The molecule has 2 aliphatic heterocycles. The molecule has 0 aromatic rings. The fourth-order valence-electron chi connectivity index (χ4n) is 2.51. The van der Waals surface area contributed by atoms with E-state index in [1.165, 1.54) is 0 Å². The molecule has 4 heteroatoms. The number of halogens is 1. The van der Waals surface area contributed by atoms with Crippen molar-refractivity contribution in [2.45, 2.75) is 50.1 Å². The van der Waals surface area contributed by atoms with Crippen molar-refractivity contribution in [1.29, 1.82) is 0 Å². The van der Waals surface area contributed by atoms with Gasteiger partial charge in [-0.2, -0.15) is 0 Å². The lowest BCUT2D eigenvalue weighted by molar-refractivity contribution is -0.144. The molecular formula is C12H20BrNO2. The Hall–Kier alpha value is -0.0900. The molecular weight excluding hydrogens is 270 g/mol. The summed E-state index contributed by atoms with van der Waals surface area (Å²) >= 11 is 3.65. The minimum Gasteiger partial charge on any atom is -0.365 e. The van der Waals surface area contributed by atoms with Crippen LogP contribution in [0.1, 0.15) is 33.1 Å². The van der Waals surface area contributed by atoms with Crippen molar-refractivity contribution in [3.63, 3.8) is 0 Å². The smallest absolute Gasteiger partial charge is 0.251 e. The van der Waals surface area contributed by atoms with Crippen molar-refractivity contribution in [3.8, 4) is 0 Å². The lowest BCUT2D eigenvalue weighted by atomic mass is 9.99. The summed E-state index contributed by atoms with van der Waals surface area (Å²) in [5.74, 6) is 0.743. The summed E-state index contributed by atoms with van der Waals surface area (Å²) in [5.41, 5.74) is 0.